The summed E-state index contributed by atoms with van der Waals surface area (Å²) in [6.07, 6.45) is 10.5. The fraction of sp³-hybridized carbons (Fsp3) is 0.296. The second-order valence-electron chi connectivity index (χ2n) is 8.96. The van der Waals surface area contributed by atoms with Crippen LogP contribution in [0.4, 0.5) is 5.69 Å². The summed E-state index contributed by atoms with van der Waals surface area (Å²) in [6, 6.07) is 8.86. The average molecular weight is 507 g/mol. The Balaban J connectivity index is 1.39. The van der Waals surface area contributed by atoms with Crippen molar-refractivity contribution < 1.29 is 19.4 Å². The number of fused-ring (bicyclic) bond motifs is 1. The van der Waals surface area contributed by atoms with E-state index in [-0.39, 0.29) is 23.5 Å². The maximum atomic E-state index is 13.6. The monoisotopic (exact) mass is 506 g/mol. The van der Waals surface area contributed by atoms with Gasteiger partial charge in [-0.25, -0.2) is 4.98 Å². The topological polar surface area (TPSA) is 109 Å². The molecule has 36 heavy (non-hydrogen) atoms. The minimum absolute atomic E-state index is 0.208. The molecular weight excluding hydrogens is 480 g/mol. The Kier molecular flexibility index (Phi) is 7.06. The molecule has 3 heterocycles. The lowest BCUT2D eigenvalue weighted by molar-refractivity contribution is 0.104. The number of carbonyl (C=O) groups excluding carboxylic acids is 1. The van der Waals surface area contributed by atoms with Gasteiger partial charge in [-0.05, 0) is 49.8 Å². The predicted molar refractivity (Wildman–Crippen MR) is 138 cm³/mol. The molecule has 1 aliphatic carbocycles. The Morgan fingerprint density at radius 1 is 1.11 bits per heavy atom. The van der Waals surface area contributed by atoms with Gasteiger partial charge in [-0.3, -0.25) is 9.78 Å². The van der Waals surface area contributed by atoms with Crippen molar-refractivity contribution in [2.45, 2.75) is 31.7 Å². The molecule has 0 radical (unpaired) electrons. The number of ketones is 1. The van der Waals surface area contributed by atoms with Crippen LogP contribution in [0.2, 0.25) is 5.02 Å². The molecular formula is C27H27ClN4O4. The van der Waals surface area contributed by atoms with E-state index in [1.807, 2.05) is 6.07 Å². The van der Waals surface area contributed by atoms with E-state index in [4.69, 9.17) is 21.1 Å². The number of aromatic nitrogens is 3. The van der Waals surface area contributed by atoms with Crippen LogP contribution < -0.4 is 14.8 Å². The molecule has 0 saturated heterocycles. The van der Waals surface area contributed by atoms with Crippen molar-refractivity contribution in [3.8, 4) is 17.2 Å². The number of benzene rings is 1. The van der Waals surface area contributed by atoms with Crippen LogP contribution in [0.25, 0.3) is 11.0 Å². The number of methoxy groups -OCH3 is 1. The molecule has 0 atom stereocenters. The standard InChI is InChI=1S/C27H27ClN4O4/c1-35-19-10-20(13-29-12-19)36-18-6-7-21(23(28)11-18)26(34)22-14-31-27-25(22)24(8-9-30-27)32-17-4-2-16(15-33)3-5-17/h6-14,16-17,33H,2-5,15H2,1H3,(H2,30,31,32). The summed E-state index contributed by atoms with van der Waals surface area (Å²) in [6.45, 7) is 0.240. The molecule has 0 unspecified atom stereocenters. The fourth-order valence-corrected chi connectivity index (χ4v) is 4.91. The van der Waals surface area contributed by atoms with Gasteiger partial charge in [0.25, 0.3) is 0 Å². The summed E-state index contributed by atoms with van der Waals surface area (Å²) >= 11 is 6.54. The molecule has 9 heteroatoms. The summed E-state index contributed by atoms with van der Waals surface area (Å²) in [5, 5.41) is 14.0. The Morgan fingerprint density at radius 2 is 1.92 bits per heavy atom. The van der Waals surface area contributed by atoms with Gasteiger partial charge in [-0.2, -0.15) is 0 Å². The van der Waals surface area contributed by atoms with Gasteiger partial charge in [-0.15, -0.1) is 0 Å². The molecule has 0 bridgehead atoms. The van der Waals surface area contributed by atoms with Gasteiger partial charge in [0.15, 0.2) is 5.78 Å². The number of aromatic amines is 1. The number of halogens is 1. The van der Waals surface area contributed by atoms with E-state index >= 15 is 0 Å². The van der Waals surface area contributed by atoms with Crippen molar-refractivity contribution >= 4 is 34.1 Å². The van der Waals surface area contributed by atoms with Crippen molar-refractivity contribution in [2.75, 3.05) is 19.0 Å². The highest BCUT2D eigenvalue weighted by atomic mass is 35.5. The molecule has 0 aliphatic heterocycles. The summed E-state index contributed by atoms with van der Waals surface area (Å²) in [7, 11) is 1.56. The third-order valence-electron chi connectivity index (χ3n) is 6.63. The van der Waals surface area contributed by atoms with Crippen LogP contribution >= 0.6 is 11.6 Å². The molecule has 0 spiro atoms. The number of nitrogens with one attached hydrogen (secondary N) is 2. The third-order valence-corrected chi connectivity index (χ3v) is 6.94. The Bertz CT molecular complexity index is 1380. The maximum Gasteiger partial charge on any atom is 0.196 e. The van der Waals surface area contributed by atoms with Gasteiger partial charge in [0.2, 0.25) is 0 Å². The van der Waals surface area contributed by atoms with E-state index in [0.717, 1.165) is 36.8 Å². The van der Waals surface area contributed by atoms with Gasteiger partial charge < -0.3 is 24.9 Å². The van der Waals surface area contributed by atoms with Crippen LogP contribution in [-0.4, -0.2) is 45.6 Å². The average Bonchev–Trinajstić information content (AvgIpc) is 3.34. The van der Waals surface area contributed by atoms with Gasteiger partial charge in [0, 0.05) is 48.4 Å². The number of aliphatic hydroxyl groups is 1. The van der Waals surface area contributed by atoms with Crippen molar-refractivity contribution in [3.63, 3.8) is 0 Å². The summed E-state index contributed by atoms with van der Waals surface area (Å²) < 4.78 is 11.0. The minimum atomic E-state index is -0.208. The molecule has 3 aromatic heterocycles. The quantitative estimate of drug-likeness (QED) is 0.266. The largest absolute Gasteiger partial charge is 0.495 e. The molecule has 8 nitrogen and oxygen atoms in total. The van der Waals surface area contributed by atoms with Gasteiger partial charge in [-0.1, -0.05) is 11.6 Å². The zero-order valence-electron chi connectivity index (χ0n) is 19.8. The highest BCUT2D eigenvalue weighted by molar-refractivity contribution is 6.35. The third kappa shape index (κ3) is 5.01. The first-order valence-electron chi connectivity index (χ1n) is 11.9. The van der Waals surface area contributed by atoms with E-state index in [9.17, 15) is 9.90 Å². The molecule has 3 N–H and O–H groups in total. The van der Waals surface area contributed by atoms with E-state index in [1.165, 1.54) is 0 Å². The first-order chi connectivity index (χ1) is 17.6. The highest BCUT2D eigenvalue weighted by Gasteiger charge is 2.24. The number of carbonyl (C=O) groups is 1. The van der Waals surface area contributed by atoms with Crippen molar-refractivity contribution in [1.82, 2.24) is 15.0 Å². The second kappa shape index (κ2) is 10.6. The van der Waals surface area contributed by atoms with Crippen molar-refractivity contribution in [1.29, 1.82) is 0 Å². The molecule has 1 aromatic carbocycles. The van der Waals surface area contributed by atoms with Crippen LogP contribution in [-0.2, 0) is 0 Å². The van der Waals surface area contributed by atoms with E-state index in [2.05, 4.69) is 20.3 Å². The lowest BCUT2D eigenvalue weighted by atomic mass is 9.86. The predicted octanol–water partition coefficient (Wildman–Crippen LogP) is 5.61. The summed E-state index contributed by atoms with van der Waals surface area (Å²) in [5.74, 6) is 1.72. The Labute approximate surface area is 213 Å². The first kappa shape index (κ1) is 24.1. The molecule has 5 rings (SSSR count). The molecule has 4 aromatic rings. The number of anilines is 1. The molecule has 1 aliphatic rings. The SMILES string of the molecule is COc1cncc(Oc2ccc(C(=O)c3c[nH]c4nccc(NC5CCC(CO)CC5)c34)c(Cl)c2)c1. The molecule has 1 saturated carbocycles. The van der Waals surface area contributed by atoms with Crippen LogP contribution in [0, 0.1) is 5.92 Å². The van der Waals surface area contributed by atoms with E-state index in [0.29, 0.717) is 39.9 Å². The van der Waals surface area contributed by atoms with Crippen LogP contribution in [0.15, 0.2) is 55.1 Å². The molecule has 0 amide bonds. The number of pyridine rings is 2. The number of H-pyrrole nitrogens is 1. The fourth-order valence-electron chi connectivity index (χ4n) is 4.66. The Morgan fingerprint density at radius 3 is 2.67 bits per heavy atom. The molecule has 186 valence electrons. The maximum absolute atomic E-state index is 13.6. The summed E-state index contributed by atoms with van der Waals surface area (Å²) in [5.41, 5.74) is 2.36. The number of hydrogen-bond donors (Lipinski definition) is 3. The van der Waals surface area contributed by atoms with Gasteiger partial charge >= 0.3 is 0 Å². The van der Waals surface area contributed by atoms with E-state index < -0.39 is 0 Å². The highest BCUT2D eigenvalue weighted by Crippen LogP contribution is 2.34. The summed E-state index contributed by atoms with van der Waals surface area (Å²) in [4.78, 5) is 25.2. The lowest BCUT2D eigenvalue weighted by Gasteiger charge is -2.29. The minimum Gasteiger partial charge on any atom is -0.495 e. The molecule has 1 fully saturated rings. The number of aliphatic hydroxyl groups excluding tert-OH is 1. The lowest BCUT2D eigenvalue weighted by Crippen LogP contribution is -2.27. The zero-order valence-corrected chi connectivity index (χ0v) is 20.6. The van der Waals surface area contributed by atoms with Crippen molar-refractivity contribution in [2.24, 2.45) is 5.92 Å². The number of rotatable bonds is 8. The smallest absolute Gasteiger partial charge is 0.196 e. The van der Waals surface area contributed by atoms with Crippen LogP contribution in [0.5, 0.6) is 17.2 Å². The number of nitrogens with zero attached hydrogens (tertiary/aromatic N) is 2. The first-order valence-corrected chi connectivity index (χ1v) is 12.3. The number of hydrogen-bond acceptors (Lipinski definition) is 7. The van der Waals surface area contributed by atoms with Crippen LogP contribution in [0.1, 0.15) is 41.6 Å². The number of ether oxygens (including phenoxy) is 2. The van der Waals surface area contributed by atoms with E-state index in [1.54, 1.807) is 56.2 Å². The van der Waals surface area contributed by atoms with Gasteiger partial charge in [0.05, 0.1) is 35.5 Å². The zero-order chi connectivity index (χ0) is 25.1. The van der Waals surface area contributed by atoms with Gasteiger partial charge in [0.1, 0.15) is 22.9 Å². The Hall–Kier alpha value is -3.62. The second-order valence-corrected chi connectivity index (χ2v) is 9.37. The van der Waals surface area contributed by atoms with Crippen molar-refractivity contribution in [3.05, 3.63) is 71.3 Å². The van der Waals surface area contributed by atoms with Crippen LogP contribution in [0.3, 0.4) is 0 Å². The normalized spacial score (nSPS) is 17.6.